The zero-order valence-electron chi connectivity index (χ0n) is 17.8. The number of benzene rings is 1. The van der Waals surface area contributed by atoms with Crippen LogP contribution in [0, 0.1) is 0 Å². The van der Waals surface area contributed by atoms with E-state index >= 15 is 0 Å². The Balaban J connectivity index is 0.00000420. The third-order valence-electron chi connectivity index (χ3n) is 4.84. The Morgan fingerprint density at radius 2 is 1.93 bits per heavy atom. The van der Waals surface area contributed by atoms with E-state index in [9.17, 15) is 8.42 Å². The largest absolute Gasteiger partial charge is 0.379 e. The molecule has 166 valence electrons. The van der Waals surface area contributed by atoms with Crippen LogP contribution in [0.1, 0.15) is 31.9 Å². The molecule has 0 atom stereocenters. The van der Waals surface area contributed by atoms with Crippen LogP contribution in [0.25, 0.3) is 0 Å². The number of ether oxygens (including phenoxy) is 2. The van der Waals surface area contributed by atoms with Crippen LogP contribution < -0.4 is 5.32 Å². The summed E-state index contributed by atoms with van der Waals surface area (Å²) in [5.41, 5.74) is 2.23. The van der Waals surface area contributed by atoms with Crippen molar-refractivity contribution in [2.24, 2.45) is 4.99 Å². The third kappa shape index (κ3) is 7.69. The minimum absolute atomic E-state index is 0. The summed E-state index contributed by atoms with van der Waals surface area (Å²) in [7, 11) is -1.35. The van der Waals surface area contributed by atoms with Crippen LogP contribution in [0.3, 0.4) is 0 Å². The fraction of sp³-hybridized carbons (Fsp3) is 0.650. The number of hydrogen-bond acceptors (Lipinski definition) is 5. The SMILES string of the molecule is CCOCCOCc1cccc(CNC(=NC)N2CCS(=O)(=O)C(C)(C)C2)c1.I. The first-order valence-corrected chi connectivity index (χ1v) is 11.4. The fourth-order valence-electron chi connectivity index (χ4n) is 3.12. The van der Waals surface area contributed by atoms with Crippen molar-refractivity contribution in [3.05, 3.63) is 35.4 Å². The van der Waals surface area contributed by atoms with Gasteiger partial charge in [-0.05, 0) is 31.9 Å². The summed E-state index contributed by atoms with van der Waals surface area (Å²) in [5.74, 6) is 0.872. The minimum Gasteiger partial charge on any atom is -0.379 e. The van der Waals surface area contributed by atoms with E-state index in [1.165, 1.54) is 0 Å². The van der Waals surface area contributed by atoms with E-state index in [-0.39, 0.29) is 29.7 Å². The molecule has 1 aromatic rings. The second-order valence-electron chi connectivity index (χ2n) is 7.47. The molecule has 1 aromatic carbocycles. The number of nitrogens with zero attached hydrogens (tertiary/aromatic N) is 2. The zero-order chi connectivity index (χ0) is 20.6. The average Bonchev–Trinajstić information content (AvgIpc) is 2.65. The molecule has 0 spiro atoms. The van der Waals surface area contributed by atoms with E-state index in [4.69, 9.17) is 9.47 Å². The molecule has 0 aliphatic carbocycles. The number of hydrogen-bond donors (Lipinski definition) is 1. The summed E-state index contributed by atoms with van der Waals surface area (Å²) >= 11 is 0. The molecule has 29 heavy (non-hydrogen) atoms. The highest BCUT2D eigenvalue weighted by Gasteiger charge is 2.40. The molecule has 1 heterocycles. The van der Waals surface area contributed by atoms with Crippen LogP contribution in [-0.2, 0) is 32.5 Å². The molecular formula is C20H34IN3O4S. The summed E-state index contributed by atoms with van der Waals surface area (Å²) in [6, 6.07) is 8.20. The summed E-state index contributed by atoms with van der Waals surface area (Å²) in [6.45, 7) is 9.46. The van der Waals surface area contributed by atoms with E-state index in [1.807, 2.05) is 24.0 Å². The lowest BCUT2D eigenvalue weighted by Gasteiger charge is -2.39. The van der Waals surface area contributed by atoms with Gasteiger partial charge in [0.05, 0.1) is 30.3 Å². The Labute approximate surface area is 192 Å². The monoisotopic (exact) mass is 539 g/mol. The van der Waals surface area contributed by atoms with Gasteiger partial charge in [0.25, 0.3) is 0 Å². The van der Waals surface area contributed by atoms with Crippen LogP contribution in [0.4, 0.5) is 0 Å². The number of halogens is 1. The lowest BCUT2D eigenvalue weighted by Crippen LogP contribution is -2.57. The highest BCUT2D eigenvalue weighted by atomic mass is 127. The Bertz CT molecular complexity index is 769. The quantitative estimate of drug-likeness (QED) is 0.237. The van der Waals surface area contributed by atoms with Gasteiger partial charge < -0.3 is 19.7 Å². The normalized spacial score (nSPS) is 18.2. The van der Waals surface area contributed by atoms with Crippen molar-refractivity contribution >= 4 is 39.8 Å². The van der Waals surface area contributed by atoms with E-state index in [0.717, 1.165) is 17.1 Å². The van der Waals surface area contributed by atoms with Crippen LogP contribution in [0.15, 0.2) is 29.3 Å². The first kappa shape index (κ1) is 26.1. The maximum Gasteiger partial charge on any atom is 0.193 e. The average molecular weight is 539 g/mol. The molecule has 9 heteroatoms. The van der Waals surface area contributed by atoms with E-state index in [1.54, 1.807) is 20.9 Å². The molecule has 0 saturated carbocycles. The molecule has 0 aromatic heterocycles. The van der Waals surface area contributed by atoms with Crippen LogP contribution >= 0.6 is 24.0 Å². The highest BCUT2D eigenvalue weighted by molar-refractivity contribution is 14.0. The smallest absolute Gasteiger partial charge is 0.193 e. The van der Waals surface area contributed by atoms with Gasteiger partial charge in [0.15, 0.2) is 15.8 Å². The van der Waals surface area contributed by atoms with Gasteiger partial charge in [0, 0.05) is 33.3 Å². The topological polar surface area (TPSA) is 80.2 Å². The minimum atomic E-state index is -3.07. The summed E-state index contributed by atoms with van der Waals surface area (Å²) < 4.78 is 34.5. The van der Waals surface area contributed by atoms with Crippen LogP contribution in [0.5, 0.6) is 0 Å². The maximum atomic E-state index is 12.2. The molecule has 7 nitrogen and oxygen atoms in total. The molecule has 1 fully saturated rings. The van der Waals surface area contributed by atoms with Crippen molar-refractivity contribution in [1.82, 2.24) is 10.2 Å². The van der Waals surface area contributed by atoms with Gasteiger partial charge in [-0.25, -0.2) is 8.42 Å². The van der Waals surface area contributed by atoms with Gasteiger partial charge in [-0.2, -0.15) is 0 Å². The third-order valence-corrected chi connectivity index (χ3v) is 7.37. The molecule has 2 rings (SSSR count). The standard InChI is InChI=1S/C20H33N3O4S.HI/c1-5-26-10-11-27-15-18-8-6-7-17(13-18)14-22-19(21-4)23-9-12-28(24,25)20(2,3)16-23;/h6-8,13H,5,9-12,14-16H2,1-4H3,(H,21,22);1H. The van der Waals surface area contributed by atoms with Gasteiger partial charge in [-0.3, -0.25) is 4.99 Å². The number of rotatable bonds is 8. The molecule has 1 saturated heterocycles. The second-order valence-corrected chi connectivity index (χ2v) is 10.2. The molecular weight excluding hydrogens is 505 g/mol. The Hall–Kier alpha value is -0.910. The Morgan fingerprint density at radius 1 is 1.24 bits per heavy atom. The molecule has 0 unspecified atom stereocenters. The predicted molar refractivity (Wildman–Crippen MR) is 128 cm³/mol. The van der Waals surface area contributed by atoms with Crippen molar-refractivity contribution < 1.29 is 17.9 Å². The number of nitrogens with one attached hydrogen (secondary N) is 1. The summed E-state index contributed by atoms with van der Waals surface area (Å²) in [4.78, 5) is 6.35. The van der Waals surface area contributed by atoms with Gasteiger partial charge in [0.2, 0.25) is 0 Å². The molecule has 0 amide bonds. The van der Waals surface area contributed by atoms with Crippen molar-refractivity contribution in [1.29, 1.82) is 0 Å². The highest BCUT2D eigenvalue weighted by Crippen LogP contribution is 2.23. The van der Waals surface area contributed by atoms with Crippen molar-refractivity contribution in [3.63, 3.8) is 0 Å². The number of guanidine groups is 1. The van der Waals surface area contributed by atoms with Gasteiger partial charge in [-0.15, -0.1) is 24.0 Å². The number of sulfone groups is 1. The first-order chi connectivity index (χ1) is 13.3. The fourth-order valence-corrected chi connectivity index (χ4v) is 4.49. The predicted octanol–water partition coefficient (Wildman–Crippen LogP) is 2.44. The Kier molecular flexibility index (Phi) is 10.9. The molecule has 0 bridgehead atoms. The number of aliphatic imine (C=N–C) groups is 1. The van der Waals surface area contributed by atoms with Crippen LogP contribution in [-0.4, -0.2) is 69.7 Å². The maximum absolute atomic E-state index is 12.2. The van der Waals surface area contributed by atoms with E-state index in [0.29, 0.717) is 46.1 Å². The van der Waals surface area contributed by atoms with Crippen molar-refractivity contribution in [2.45, 2.75) is 38.7 Å². The van der Waals surface area contributed by atoms with Gasteiger partial charge in [0.1, 0.15) is 0 Å². The van der Waals surface area contributed by atoms with Crippen molar-refractivity contribution in [2.75, 3.05) is 45.7 Å². The summed E-state index contributed by atoms with van der Waals surface area (Å²) in [6.07, 6.45) is 0. The Morgan fingerprint density at radius 3 is 2.59 bits per heavy atom. The van der Waals surface area contributed by atoms with Crippen LogP contribution in [0.2, 0.25) is 0 Å². The summed E-state index contributed by atoms with van der Waals surface area (Å²) in [5, 5.41) is 3.35. The lowest BCUT2D eigenvalue weighted by molar-refractivity contribution is 0.0453. The van der Waals surface area contributed by atoms with Gasteiger partial charge >= 0.3 is 0 Å². The van der Waals surface area contributed by atoms with E-state index in [2.05, 4.69) is 22.4 Å². The first-order valence-electron chi connectivity index (χ1n) is 9.70. The van der Waals surface area contributed by atoms with E-state index < -0.39 is 14.6 Å². The second kappa shape index (κ2) is 12.1. The molecule has 1 aliphatic heterocycles. The molecule has 1 aliphatic rings. The molecule has 0 radical (unpaired) electrons. The zero-order valence-corrected chi connectivity index (χ0v) is 21.0. The lowest BCUT2D eigenvalue weighted by atomic mass is 10.1. The van der Waals surface area contributed by atoms with Crippen molar-refractivity contribution in [3.8, 4) is 0 Å². The molecule has 1 N–H and O–H groups in total. The van der Waals surface area contributed by atoms with Gasteiger partial charge in [-0.1, -0.05) is 24.3 Å².